The van der Waals surface area contributed by atoms with E-state index in [4.69, 9.17) is 9.47 Å². The molecule has 0 aromatic heterocycles. The molecule has 1 N–H and O–H groups in total. The Morgan fingerprint density at radius 3 is 2.41 bits per heavy atom. The van der Waals surface area contributed by atoms with E-state index >= 15 is 0 Å². The number of carbonyl (C=O) groups is 1. The summed E-state index contributed by atoms with van der Waals surface area (Å²) >= 11 is 0. The Hall–Kier alpha value is -3.08. The second kappa shape index (κ2) is 7.66. The van der Waals surface area contributed by atoms with Crippen LogP contribution >= 0.6 is 0 Å². The summed E-state index contributed by atoms with van der Waals surface area (Å²) < 4.78 is 11.8. The molecule has 2 aromatic rings. The van der Waals surface area contributed by atoms with Crippen molar-refractivity contribution >= 4 is 17.3 Å². The van der Waals surface area contributed by atoms with Crippen molar-refractivity contribution in [2.24, 2.45) is 0 Å². The molecule has 0 bridgehead atoms. The molecule has 140 valence electrons. The molecule has 1 aliphatic carbocycles. The zero-order valence-electron chi connectivity index (χ0n) is 16.0. The van der Waals surface area contributed by atoms with E-state index in [1.54, 1.807) is 14.0 Å². The van der Waals surface area contributed by atoms with Crippen LogP contribution in [-0.4, -0.2) is 41.4 Å². The average molecular weight is 366 g/mol. The minimum Gasteiger partial charge on any atom is -0.497 e. The number of carbonyl (C=O) groups excluding carboxylic acids is 1. The van der Waals surface area contributed by atoms with Crippen LogP contribution in [0.1, 0.15) is 37.5 Å². The number of hydrogen-bond donors (Lipinski definition) is 1. The lowest BCUT2D eigenvalue weighted by Crippen LogP contribution is -2.29. The molecule has 1 aliphatic rings. The number of methoxy groups -OCH3 is 1. The number of esters is 1. The first-order valence-electron chi connectivity index (χ1n) is 9.00. The molecule has 3 rings (SSSR count). The molecule has 0 spiro atoms. The van der Waals surface area contributed by atoms with Crippen LogP contribution in [0.5, 0.6) is 5.75 Å². The highest BCUT2D eigenvalue weighted by Crippen LogP contribution is 2.40. The molecule has 0 unspecified atom stereocenters. The lowest BCUT2D eigenvalue weighted by molar-refractivity contribution is -0.794. The molecule has 0 radical (unpaired) electrons. The van der Waals surface area contributed by atoms with Gasteiger partial charge in [0.15, 0.2) is 6.04 Å². The number of hydrogen-bond acceptors (Lipinski definition) is 4. The van der Waals surface area contributed by atoms with E-state index in [-0.39, 0.29) is 12.6 Å². The van der Waals surface area contributed by atoms with Crippen LogP contribution in [0.15, 0.2) is 54.1 Å². The second-order valence-corrected chi connectivity index (χ2v) is 6.53. The average Bonchev–Trinajstić information content (AvgIpc) is 3.02. The third-order valence-corrected chi connectivity index (χ3v) is 4.50. The van der Waals surface area contributed by atoms with Crippen molar-refractivity contribution in [3.8, 4) is 5.75 Å². The van der Waals surface area contributed by atoms with Crippen molar-refractivity contribution in [2.45, 2.75) is 26.8 Å². The first-order valence-corrected chi connectivity index (χ1v) is 9.00. The van der Waals surface area contributed by atoms with Gasteiger partial charge in [-0.1, -0.05) is 30.3 Å². The highest BCUT2D eigenvalue weighted by molar-refractivity contribution is 6.35. The molecule has 27 heavy (non-hydrogen) atoms. The Kier molecular flexibility index (Phi) is 5.31. The minimum atomic E-state index is -0.457. The fraction of sp³-hybridized carbons (Fsp3) is 0.273. The molecule has 0 amide bonds. The van der Waals surface area contributed by atoms with Crippen molar-refractivity contribution in [2.75, 3.05) is 13.7 Å². The third-order valence-electron chi connectivity index (χ3n) is 4.50. The van der Waals surface area contributed by atoms with Gasteiger partial charge in [-0.15, -0.1) is 0 Å². The number of benzene rings is 2. The summed E-state index contributed by atoms with van der Waals surface area (Å²) in [6.45, 7) is 5.74. The van der Waals surface area contributed by atoms with Gasteiger partial charge in [0.05, 0.1) is 19.3 Å². The van der Waals surface area contributed by atoms with Gasteiger partial charge in [0.25, 0.3) is 5.71 Å². The maximum absolute atomic E-state index is 12.9. The van der Waals surface area contributed by atoms with E-state index in [9.17, 15) is 10.0 Å². The fourth-order valence-electron chi connectivity index (χ4n) is 3.25. The topological polar surface area (TPSA) is 58.8 Å². The Labute approximate surface area is 159 Å². The van der Waals surface area contributed by atoms with Crippen molar-refractivity contribution in [3.05, 3.63) is 70.8 Å². The number of rotatable bonds is 5. The van der Waals surface area contributed by atoms with Crippen molar-refractivity contribution in [1.82, 2.24) is 0 Å². The van der Waals surface area contributed by atoms with E-state index < -0.39 is 5.97 Å². The highest BCUT2D eigenvalue weighted by Gasteiger charge is 2.41. The number of nitrogens with zero attached hydrogens (tertiary/aromatic N) is 1. The fourth-order valence-corrected chi connectivity index (χ4v) is 3.25. The van der Waals surface area contributed by atoms with Crippen LogP contribution in [0.25, 0.3) is 5.57 Å². The van der Waals surface area contributed by atoms with Gasteiger partial charge in [0.2, 0.25) is 0 Å². The summed E-state index contributed by atoms with van der Waals surface area (Å²) in [7, 11) is 1.59. The molecule has 0 aliphatic heterocycles. The van der Waals surface area contributed by atoms with Gasteiger partial charge in [-0.25, -0.2) is 4.79 Å². The summed E-state index contributed by atoms with van der Waals surface area (Å²) in [5.74, 6) is 0.196. The predicted octanol–water partition coefficient (Wildman–Crippen LogP) is 3.67. The molecule has 5 nitrogen and oxygen atoms in total. The Morgan fingerprint density at radius 1 is 1.11 bits per heavy atom. The summed E-state index contributed by atoms with van der Waals surface area (Å²) in [6, 6.07) is 15.0. The summed E-state index contributed by atoms with van der Waals surface area (Å²) in [4.78, 5) is 12.9. The largest absolute Gasteiger partial charge is 0.497 e. The Balaban J connectivity index is 2.39. The lowest BCUT2D eigenvalue weighted by Gasteiger charge is -2.08. The molecule has 5 heteroatoms. The van der Waals surface area contributed by atoms with Crippen LogP contribution < -0.4 is 4.74 Å². The van der Waals surface area contributed by atoms with Crippen molar-refractivity contribution < 1.29 is 24.2 Å². The van der Waals surface area contributed by atoms with Gasteiger partial charge in [0, 0.05) is 19.4 Å². The van der Waals surface area contributed by atoms with Crippen molar-refractivity contribution in [1.29, 1.82) is 0 Å². The molecular weight excluding hydrogens is 342 g/mol. The van der Waals surface area contributed by atoms with Crippen LogP contribution in [0.3, 0.4) is 0 Å². The van der Waals surface area contributed by atoms with Gasteiger partial charge in [-0.3, -0.25) is 5.21 Å². The van der Waals surface area contributed by atoms with E-state index in [2.05, 4.69) is 0 Å². The van der Waals surface area contributed by atoms with Gasteiger partial charge in [0.1, 0.15) is 11.3 Å². The van der Waals surface area contributed by atoms with Crippen LogP contribution in [-0.2, 0) is 9.53 Å². The normalized spacial score (nSPS) is 15.0. The van der Waals surface area contributed by atoms with Gasteiger partial charge in [-0.05, 0) is 41.0 Å². The SMILES string of the molecule is CCOC(=O)C1=C(c2ccccc2)c2ccc(OC)cc2/C1=[N+](\O)C(C)C. The van der Waals surface area contributed by atoms with Crippen LogP contribution in [0.4, 0.5) is 0 Å². The van der Waals surface area contributed by atoms with E-state index in [0.717, 1.165) is 27.0 Å². The van der Waals surface area contributed by atoms with E-state index in [1.165, 1.54) is 0 Å². The van der Waals surface area contributed by atoms with E-state index in [1.807, 2.05) is 62.4 Å². The molecule has 0 fully saturated rings. The second-order valence-electron chi connectivity index (χ2n) is 6.53. The van der Waals surface area contributed by atoms with Crippen LogP contribution in [0.2, 0.25) is 0 Å². The van der Waals surface area contributed by atoms with Crippen molar-refractivity contribution in [3.63, 3.8) is 0 Å². The first kappa shape index (κ1) is 18.7. The molecule has 0 saturated carbocycles. The molecule has 0 saturated heterocycles. The highest BCUT2D eigenvalue weighted by atomic mass is 16.5. The summed E-state index contributed by atoms with van der Waals surface area (Å²) in [5.41, 5.74) is 4.05. The molecule has 0 atom stereocenters. The van der Waals surface area contributed by atoms with Gasteiger partial charge < -0.3 is 9.47 Å². The van der Waals surface area contributed by atoms with Gasteiger partial charge >= 0.3 is 5.97 Å². The predicted molar refractivity (Wildman–Crippen MR) is 103 cm³/mol. The van der Waals surface area contributed by atoms with Crippen LogP contribution in [0, 0.1) is 0 Å². The summed E-state index contributed by atoms with van der Waals surface area (Å²) in [5, 5.41) is 10.8. The molecule has 0 heterocycles. The number of hydroxylamine groups is 1. The molecular formula is C22H24NO4+. The Morgan fingerprint density at radius 2 is 1.81 bits per heavy atom. The van der Waals surface area contributed by atoms with Gasteiger partial charge in [-0.2, -0.15) is 0 Å². The lowest BCUT2D eigenvalue weighted by atomic mass is 9.97. The number of fused-ring (bicyclic) bond motifs is 1. The Bertz CT molecular complexity index is 927. The van der Waals surface area contributed by atoms with E-state index in [0.29, 0.717) is 17.0 Å². The first-order chi connectivity index (χ1) is 13.0. The maximum atomic E-state index is 12.9. The zero-order valence-corrected chi connectivity index (χ0v) is 16.0. The maximum Gasteiger partial charge on any atom is 0.345 e. The number of ether oxygens (including phenoxy) is 2. The minimum absolute atomic E-state index is 0.224. The third kappa shape index (κ3) is 3.33. The summed E-state index contributed by atoms with van der Waals surface area (Å²) in [6.07, 6.45) is 0. The monoisotopic (exact) mass is 366 g/mol. The quantitative estimate of drug-likeness (QED) is 0.380. The zero-order chi connectivity index (χ0) is 19.6. The standard InChI is InChI=1S/C22H24NO4/c1-5-27-22(24)20-19(15-9-7-6-8-10-15)17-12-11-16(26-4)13-18(17)21(20)23(25)14(2)3/h6-14,25H,5H2,1-4H3/q+1/b23-21+. The smallest absolute Gasteiger partial charge is 0.345 e. The molecule has 2 aromatic carbocycles.